The maximum absolute atomic E-state index is 16.6. The smallest absolute Gasteiger partial charge is 0.340 e. The van der Waals surface area contributed by atoms with Crippen LogP contribution in [-0.2, 0) is 20.4 Å². The summed E-state index contributed by atoms with van der Waals surface area (Å²) in [7, 11) is -1.93. The van der Waals surface area contributed by atoms with E-state index in [4.69, 9.17) is 4.98 Å². The van der Waals surface area contributed by atoms with Crippen molar-refractivity contribution in [1.82, 2.24) is 18.9 Å². The molecule has 238 valence electrons. The van der Waals surface area contributed by atoms with Crippen molar-refractivity contribution in [2.24, 2.45) is 0 Å². The summed E-state index contributed by atoms with van der Waals surface area (Å²) in [5, 5.41) is 8.05. The third-order valence-electron chi connectivity index (χ3n) is 9.96. The van der Waals surface area contributed by atoms with Gasteiger partial charge in [0.15, 0.2) is 0 Å². The summed E-state index contributed by atoms with van der Waals surface area (Å²) < 4.78 is 20.8. The number of alkyl halides is 1. The molecule has 0 spiro atoms. The second kappa shape index (κ2) is 11.2. The average molecular weight is 761 g/mol. The van der Waals surface area contributed by atoms with Crippen molar-refractivity contribution in [2.75, 3.05) is 0 Å². The van der Waals surface area contributed by atoms with E-state index in [9.17, 15) is 0 Å². The Labute approximate surface area is 301 Å². The van der Waals surface area contributed by atoms with E-state index in [-0.39, 0.29) is 20.4 Å². The SMILES string of the molecule is C[Si]1(C)c2ccccc2Sc2cc3c(cc21)c1cccnc1n3-c1[c-]c(C(F)c2[c-]c3c(cc2)c2ccccc2n2ccnc32)ccc1.[Pd+2]. The first-order valence-electron chi connectivity index (χ1n) is 16.0. The number of halogens is 1. The third kappa shape index (κ3) is 4.45. The van der Waals surface area contributed by atoms with Crippen LogP contribution in [-0.4, -0.2) is 27.0 Å². The number of benzene rings is 5. The van der Waals surface area contributed by atoms with Gasteiger partial charge in [0.2, 0.25) is 0 Å². The minimum absolute atomic E-state index is 0. The number of para-hydroxylation sites is 1. The topological polar surface area (TPSA) is 35.1 Å². The number of fused-ring (bicyclic) bond motifs is 11. The van der Waals surface area contributed by atoms with Crippen LogP contribution in [0.4, 0.5) is 4.39 Å². The van der Waals surface area contributed by atoms with E-state index in [1.165, 1.54) is 20.2 Å². The zero-order chi connectivity index (χ0) is 32.1. The van der Waals surface area contributed by atoms with Crippen molar-refractivity contribution < 1.29 is 24.8 Å². The van der Waals surface area contributed by atoms with Gasteiger partial charge in [-0.3, -0.25) is 4.98 Å². The fraction of sp³-hybridized carbons (Fsp3) is 0.0732. The Hall–Kier alpha value is -4.58. The number of imidazole rings is 1. The molecule has 1 aliphatic rings. The van der Waals surface area contributed by atoms with Crippen molar-refractivity contribution in [3.63, 3.8) is 0 Å². The molecule has 49 heavy (non-hydrogen) atoms. The molecule has 8 heteroatoms. The van der Waals surface area contributed by atoms with Gasteiger partial charge in [-0.15, -0.1) is 29.8 Å². The van der Waals surface area contributed by atoms with Crippen LogP contribution in [0.2, 0.25) is 13.1 Å². The number of pyridine rings is 2. The number of hydrogen-bond acceptors (Lipinski definition) is 3. The minimum atomic E-state index is -1.93. The number of hydrogen-bond donors (Lipinski definition) is 0. The zero-order valence-electron chi connectivity index (χ0n) is 26.5. The average Bonchev–Trinajstić information content (AvgIpc) is 3.74. The van der Waals surface area contributed by atoms with Gasteiger partial charge in [0.05, 0.1) is 11.2 Å². The molecular formula is C41H27FN4PdSSi. The van der Waals surface area contributed by atoms with Crippen LogP contribution in [0, 0.1) is 12.1 Å². The van der Waals surface area contributed by atoms with Gasteiger partial charge in [-0.2, -0.15) is 18.2 Å². The summed E-state index contributed by atoms with van der Waals surface area (Å²) >= 11 is 1.84. The molecule has 0 amide bonds. The van der Waals surface area contributed by atoms with Crippen LogP contribution in [0.15, 0.2) is 132 Å². The molecule has 0 bridgehead atoms. The summed E-state index contributed by atoms with van der Waals surface area (Å²) in [5.41, 5.74) is 5.37. The normalized spacial score (nSPS) is 14.3. The zero-order valence-corrected chi connectivity index (χ0v) is 29.9. The van der Waals surface area contributed by atoms with Gasteiger partial charge >= 0.3 is 20.4 Å². The molecule has 5 heterocycles. The van der Waals surface area contributed by atoms with Crippen LogP contribution in [0.25, 0.3) is 54.9 Å². The van der Waals surface area contributed by atoms with E-state index in [0.717, 1.165) is 54.9 Å². The molecule has 1 aliphatic heterocycles. The van der Waals surface area contributed by atoms with Crippen LogP contribution >= 0.6 is 11.8 Å². The van der Waals surface area contributed by atoms with Crippen LogP contribution < -0.4 is 10.4 Å². The Kier molecular flexibility index (Phi) is 6.98. The van der Waals surface area contributed by atoms with Crippen LogP contribution in [0.3, 0.4) is 0 Å². The Bertz CT molecular complexity index is 2790. The first-order valence-corrected chi connectivity index (χ1v) is 19.9. The van der Waals surface area contributed by atoms with Crippen LogP contribution in [0.5, 0.6) is 0 Å². The second-order valence-corrected chi connectivity index (χ2v) is 18.4. The summed E-state index contributed by atoms with van der Waals surface area (Å²) in [6.07, 6.45) is 4.12. The van der Waals surface area contributed by atoms with E-state index in [1.54, 1.807) is 6.20 Å². The fourth-order valence-electron chi connectivity index (χ4n) is 7.59. The predicted octanol–water partition coefficient (Wildman–Crippen LogP) is 9.08. The monoisotopic (exact) mass is 760 g/mol. The molecular weight excluding hydrogens is 734 g/mol. The quantitative estimate of drug-likeness (QED) is 0.102. The third-order valence-corrected chi connectivity index (χ3v) is 15.0. The summed E-state index contributed by atoms with van der Waals surface area (Å²) in [4.78, 5) is 12.1. The molecule has 5 aromatic carbocycles. The Morgan fingerprint density at radius 2 is 1.47 bits per heavy atom. The van der Waals surface area contributed by atoms with Gasteiger partial charge in [-0.25, -0.2) is 9.37 Å². The molecule has 0 N–H and O–H groups in total. The van der Waals surface area contributed by atoms with Crippen LogP contribution in [0.1, 0.15) is 17.3 Å². The van der Waals surface area contributed by atoms with Crippen molar-refractivity contribution in [3.05, 3.63) is 145 Å². The molecule has 9 aromatic rings. The molecule has 4 nitrogen and oxygen atoms in total. The minimum Gasteiger partial charge on any atom is -0.340 e. The maximum Gasteiger partial charge on any atom is 2.00 e. The van der Waals surface area contributed by atoms with Gasteiger partial charge in [0.25, 0.3) is 0 Å². The van der Waals surface area contributed by atoms with Gasteiger partial charge < -0.3 is 8.97 Å². The molecule has 0 fully saturated rings. The molecule has 1 atom stereocenters. The Balaban J connectivity index is 0.00000325. The van der Waals surface area contributed by atoms with Gasteiger partial charge in [0.1, 0.15) is 19.9 Å². The van der Waals surface area contributed by atoms with E-state index >= 15 is 4.39 Å². The standard InChI is InChI=1S/C41H27FN4SSi.Pd/c1-48(2)37-15-6-5-14-35(37)47-36-24-34-31(23-38(36)48)30-12-8-18-43-41(30)46(34)27-10-7-9-25(21-27)39(42)26-16-17-28-29-11-3-4-13-33(29)45-20-19-44-40(45)32(28)22-26;/h3-20,23-24,39H,1-2H3;/q-2;+2. The molecule has 10 rings (SSSR count). The molecule has 0 saturated carbocycles. The van der Waals surface area contributed by atoms with Crippen molar-refractivity contribution in [1.29, 1.82) is 0 Å². The van der Waals surface area contributed by atoms with E-state index in [2.05, 4.69) is 89.4 Å². The van der Waals surface area contributed by atoms with E-state index < -0.39 is 14.2 Å². The maximum atomic E-state index is 16.6. The van der Waals surface area contributed by atoms with Gasteiger partial charge in [-0.1, -0.05) is 89.3 Å². The largest absolute Gasteiger partial charge is 2.00 e. The Morgan fingerprint density at radius 3 is 2.39 bits per heavy atom. The van der Waals surface area contributed by atoms with E-state index in [1.807, 2.05) is 77.1 Å². The first-order chi connectivity index (χ1) is 23.5. The van der Waals surface area contributed by atoms with Gasteiger partial charge in [0, 0.05) is 44.7 Å². The van der Waals surface area contributed by atoms with Crippen molar-refractivity contribution >= 4 is 79.5 Å². The number of nitrogens with zero attached hydrogens (tertiary/aromatic N) is 4. The molecule has 0 saturated heterocycles. The molecule has 4 aromatic heterocycles. The fourth-order valence-corrected chi connectivity index (χ4v) is 13.0. The predicted molar refractivity (Wildman–Crippen MR) is 197 cm³/mol. The molecule has 0 radical (unpaired) electrons. The molecule has 0 aliphatic carbocycles. The van der Waals surface area contributed by atoms with Crippen molar-refractivity contribution in [2.45, 2.75) is 29.1 Å². The summed E-state index contributed by atoms with van der Waals surface area (Å²) in [6, 6.07) is 42.3. The number of rotatable bonds is 3. The summed E-state index contributed by atoms with van der Waals surface area (Å²) in [5.74, 6) is 0. The number of aromatic nitrogens is 4. The molecule has 1 unspecified atom stereocenters. The van der Waals surface area contributed by atoms with Crippen molar-refractivity contribution in [3.8, 4) is 5.69 Å². The first kappa shape index (κ1) is 30.5. The summed E-state index contributed by atoms with van der Waals surface area (Å²) in [6.45, 7) is 4.88. The van der Waals surface area contributed by atoms with Gasteiger partial charge in [-0.05, 0) is 46.1 Å². The second-order valence-electron chi connectivity index (χ2n) is 13.0. The Morgan fingerprint density at radius 1 is 0.673 bits per heavy atom. The van der Waals surface area contributed by atoms with E-state index in [0.29, 0.717) is 11.1 Å².